The predicted octanol–water partition coefficient (Wildman–Crippen LogP) is 0.610. The molecule has 10 heavy (non-hydrogen) atoms. The molecule has 0 saturated heterocycles. The van der Waals surface area contributed by atoms with Crippen molar-refractivity contribution in [3.63, 3.8) is 0 Å². The molecule has 0 aliphatic heterocycles. The molecule has 0 bridgehead atoms. The van der Waals surface area contributed by atoms with Gasteiger partial charge in [-0.3, -0.25) is 4.79 Å². The van der Waals surface area contributed by atoms with E-state index in [1.54, 1.807) is 6.92 Å². The van der Waals surface area contributed by atoms with E-state index in [2.05, 4.69) is 9.68 Å². The number of aliphatic carboxylic acids is 1. The molecule has 0 saturated carbocycles. The summed E-state index contributed by atoms with van der Waals surface area (Å²) < 4.78 is 4.64. The summed E-state index contributed by atoms with van der Waals surface area (Å²) in [6.45, 7) is 1.76. The molecule has 1 aromatic rings. The van der Waals surface area contributed by atoms with Crippen LogP contribution in [0.1, 0.15) is 11.3 Å². The highest BCUT2D eigenvalue weighted by Gasteiger charge is 2.07. The summed E-state index contributed by atoms with van der Waals surface area (Å²) in [6, 6.07) is 0. The van der Waals surface area contributed by atoms with Crippen LogP contribution in [0.2, 0.25) is 0 Å². The fourth-order valence-electron chi connectivity index (χ4n) is 0.622. The lowest BCUT2D eigenvalue weighted by atomic mass is 10.2. The number of carbonyl (C=O) groups is 1. The molecule has 0 amide bonds. The second-order valence-corrected chi connectivity index (χ2v) is 2.00. The van der Waals surface area contributed by atoms with Crippen LogP contribution in [-0.4, -0.2) is 16.2 Å². The maximum Gasteiger partial charge on any atom is 0.311 e. The maximum absolute atomic E-state index is 10.1. The number of nitrogens with zero attached hydrogens (tertiary/aromatic N) is 1. The van der Waals surface area contributed by atoms with E-state index in [4.69, 9.17) is 5.11 Å². The second-order valence-electron chi connectivity index (χ2n) is 2.00. The van der Waals surface area contributed by atoms with E-state index in [9.17, 15) is 4.79 Å². The summed E-state index contributed by atoms with van der Waals surface area (Å²) in [5.41, 5.74) is 0.780. The number of hydrogen-bond acceptors (Lipinski definition) is 3. The first-order chi connectivity index (χ1) is 4.70. The Morgan fingerprint density at radius 2 is 2.60 bits per heavy atom. The normalized spacial score (nSPS) is 9.70. The lowest BCUT2D eigenvalue weighted by Crippen LogP contribution is -1.99. The van der Waals surface area contributed by atoms with Gasteiger partial charge in [0.25, 0.3) is 0 Å². The van der Waals surface area contributed by atoms with Crippen molar-refractivity contribution in [3.8, 4) is 0 Å². The predicted molar refractivity (Wildman–Crippen MR) is 32.6 cm³/mol. The van der Waals surface area contributed by atoms with Gasteiger partial charge in [0.15, 0.2) is 5.76 Å². The molecule has 0 unspecified atom stereocenters. The molecule has 0 radical (unpaired) electrons. The molecule has 0 aliphatic carbocycles. The van der Waals surface area contributed by atoms with Gasteiger partial charge in [-0.2, -0.15) is 0 Å². The fourth-order valence-corrected chi connectivity index (χ4v) is 0.622. The van der Waals surface area contributed by atoms with Gasteiger partial charge >= 0.3 is 5.97 Å². The van der Waals surface area contributed by atoms with Crippen molar-refractivity contribution in [1.82, 2.24) is 5.16 Å². The average Bonchev–Trinajstić information content (AvgIpc) is 2.15. The SMILES string of the molecule is Cc1cnoc1CC(=O)O. The van der Waals surface area contributed by atoms with E-state index in [0.29, 0.717) is 5.76 Å². The number of aromatic nitrogens is 1. The third-order valence-electron chi connectivity index (χ3n) is 1.16. The largest absolute Gasteiger partial charge is 0.481 e. The molecule has 0 fully saturated rings. The second kappa shape index (κ2) is 2.51. The van der Waals surface area contributed by atoms with Gasteiger partial charge < -0.3 is 9.63 Å². The number of hydrogen-bond donors (Lipinski definition) is 1. The minimum Gasteiger partial charge on any atom is -0.481 e. The van der Waals surface area contributed by atoms with Crippen molar-refractivity contribution in [1.29, 1.82) is 0 Å². The Labute approximate surface area is 57.4 Å². The summed E-state index contributed by atoms with van der Waals surface area (Å²) in [6.07, 6.45) is 1.41. The maximum atomic E-state index is 10.1. The smallest absolute Gasteiger partial charge is 0.311 e. The zero-order valence-electron chi connectivity index (χ0n) is 5.50. The Morgan fingerprint density at radius 3 is 3.00 bits per heavy atom. The molecule has 0 atom stereocenters. The summed E-state index contributed by atoms with van der Waals surface area (Å²) >= 11 is 0. The van der Waals surface area contributed by atoms with Crippen molar-refractivity contribution in [2.24, 2.45) is 0 Å². The van der Waals surface area contributed by atoms with Crippen LogP contribution < -0.4 is 0 Å². The van der Waals surface area contributed by atoms with E-state index >= 15 is 0 Å². The quantitative estimate of drug-likeness (QED) is 0.655. The summed E-state index contributed by atoms with van der Waals surface area (Å²) in [7, 11) is 0. The highest BCUT2D eigenvalue weighted by molar-refractivity contribution is 5.69. The van der Waals surface area contributed by atoms with E-state index < -0.39 is 5.97 Å². The molecule has 4 heteroatoms. The standard InChI is InChI=1S/C6H7NO3/c1-4-3-7-10-5(4)2-6(8)9/h3H,2H2,1H3,(H,8,9). The van der Waals surface area contributed by atoms with Gasteiger partial charge in [0.2, 0.25) is 0 Å². The van der Waals surface area contributed by atoms with Crippen molar-refractivity contribution < 1.29 is 14.4 Å². The first-order valence-corrected chi connectivity index (χ1v) is 2.82. The number of carboxylic acid groups (broad SMARTS) is 1. The zero-order valence-corrected chi connectivity index (χ0v) is 5.50. The van der Waals surface area contributed by atoms with Gasteiger partial charge in [-0.25, -0.2) is 0 Å². The van der Waals surface area contributed by atoms with Gasteiger partial charge in [0.1, 0.15) is 6.42 Å². The monoisotopic (exact) mass is 141 g/mol. The van der Waals surface area contributed by atoms with Gasteiger partial charge in [-0.05, 0) is 6.92 Å². The highest BCUT2D eigenvalue weighted by atomic mass is 16.5. The Kier molecular flexibility index (Phi) is 1.71. The third-order valence-corrected chi connectivity index (χ3v) is 1.16. The van der Waals surface area contributed by atoms with Crippen LogP contribution >= 0.6 is 0 Å². The van der Waals surface area contributed by atoms with E-state index in [1.165, 1.54) is 6.20 Å². The molecule has 1 rings (SSSR count). The molecule has 4 nitrogen and oxygen atoms in total. The highest BCUT2D eigenvalue weighted by Crippen LogP contribution is 2.05. The molecule has 1 aromatic heterocycles. The first-order valence-electron chi connectivity index (χ1n) is 2.82. The molecular weight excluding hydrogens is 134 g/mol. The van der Waals surface area contributed by atoms with Crippen molar-refractivity contribution >= 4 is 5.97 Å². The minimum absolute atomic E-state index is 0.0914. The first kappa shape index (κ1) is 6.80. The summed E-state index contributed by atoms with van der Waals surface area (Å²) in [4.78, 5) is 10.1. The summed E-state index contributed by atoms with van der Waals surface area (Å²) in [5, 5.41) is 11.8. The van der Waals surface area contributed by atoms with Crippen LogP contribution in [0.3, 0.4) is 0 Å². The molecule has 0 aromatic carbocycles. The lowest BCUT2D eigenvalue weighted by Gasteiger charge is -1.87. The van der Waals surface area contributed by atoms with Crippen LogP contribution in [-0.2, 0) is 11.2 Å². The Balaban J connectivity index is 2.74. The van der Waals surface area contributed by atoms with Crippen LogP contribution in [0.25, 0.3) is 0 Å². The van der Waals surface area contributed by atoms with Crippen LogP contribution in [0.4, 0.5) is 0 Å². The van der Waals surface area contributed by atoms with E-state index in [1.807, 2.05) is 0 Å². The van der Waals surface area contributed by atoms with Crippen LogP contribution in [0.15, 0.2) is 10.7 Å². The summed E-state index contributed by atoms with van der Waals surface area (Å²) in [5.74, 6) is -0.479. The Morgan fingerprint density at radius 1 is 1.90 bits per heavy atom. The third kappa shape index (κ3) is 1.34. The van der Waals surface area contributed by atoms with Crippen molar-refractivity contribution in [3.05, 3.63) is 17.5 Å². The van der Waals surface area contributed by atoms with E-state index in [0.717, 1.165) is 5.56 Å². The topological polar surface area (TPSA) is 63.3 Å². The Bertz CT molecular complexity index is 241. The molecule has 54 valence electrons. The van der Waals surface area contributed by atoms with Gasteiger partial charge in [0, 0.05) is 5.56 Å². The molecule has 1 heterocycles. The van der Waals surface area contributed by atoms with Gasteiger partial charge in [0.05, 0.1) is 6.20 Å². The Hall–Kier alpha value is -1.32. The lowest BCUT2D eigenvalue weighted by molar-refractivity contribution is -0.136. The number of aryl methyl sites for hydroxylation is 1. The van der Waals surface area contributed by atoms with Crippen molar-refractivity contribution in [2.75, 3.05) is 0 Å². The van der Waals surface area contributed by atoms with Crippen molar-refractivity contribution in [2.45, 2.75) is 13.3 Å². The average molecular weight is 141 g/mol. The molecular formula is C6H7NO3. The number of carboxylic acids is 1. The molecule has 1 N–H and O–H groups in total. The fraction of sp³-hybridized carbons (Fsp3) is 0.333. The zero-order chi connectivity index (χ0) is 7.56. The van der Waals surface area contributed by atoms with E-state index in [-0.39, 0.29) is 6.42 Å². The van der Waals surface area contributed by atoms with Gasteiger partial charge in [-0.15, -0.1) is 0 Å². The van der Waals surface area contributed by atoms with Gasteiger partial charge in [-0.1, -0.05) is 5.16 Å². The molecule has 0 spiro atoms. The van der Waals surface area contributed by atoms with Crippen LogP contribution in [0.5, 0.6) is 0 Å². The van der Waals surface area contributed by atoms with Crippen LogP contribution in [0, 0.1) is 6.92 Å². The minimum atomic E-state index is -0.903. The number of rotatable bonds is 2. The molecule has 0 aliphatic rings.